The average Bonchev–Trinajstić information content (AvgIpc) is 2.77. The smallest absolute Gasteiger partial charge is 0.271 e. The zero-order valence-electron chi connectivity index (χ0n) is 10.9. The molecule has 0 bridgehead atoms. The van der Waals surface area contributed by atoms with Crippen molar-refractivity contribution in [2.45, 2.75) is 19.6 Å². The molecule has 0 saturated carbocycles. The van der Waals surface area contributed by atoms with Crippen LogP contribution >= 0.6 is 0 Å². The highest BCUT2D eigenvalue weighted by Crippen LogP contribution is 2.27. The first-order chi connectivity index (χ1) is 10.2. The molecule has 5 nitrogen and oxygen atoms in total. The lowest BCUT2D eigenvalue weighted by molar-refractivity contribution is -0.147. The molecular formula is C12H7F5N4O. The third-order valence-corrected chi connectivity index (χ3v) is 2.82. The van der Waals surface area contributed by atoms with Crippen LogP contribution in [0.1, 0.15) is 18.3 Å². The fourth-order valence-electron chi connectivity index (χ4n) is 1.83. The molecule has 0 amide bonds. The second-order valence-corrected chi connectivity index (χ2v) is 4.16. The van der Waals surface area contributed by atoms with Crippen molar-refractivity contribution in [1.29, 1.82) is 5.26 Å². The normalized spacial score (nSPS) is 11.5. The van der Waals surface area contributed by atoms with Crippen LogP contribution in [-0.4, -0.2) is 14.3 Å². The Morgan fingerprint density at radius 3 is 2.36 bits per heavy atom. The molecule has 10 heteroatoms. The molecule has 0 atom stereocenters. The quantitative estimate of drug-likeness (QED) is 0.798. The van der Waals surface area contributed by atoms with Crippen molar-refractivity contribution in [3.63, 3.8) is 0 Å². The van der Waals surface area contributed by atoms with Gasteiger partial charge in [0.05, 0.1) is 5.56 Å². The lowest BCUT2D eigenvalue weighted by Gasteiger charge is -2.04. The first kappa shape index (κ1) is 15.7. The molecule has 0 spiro atoms. The molecule has 116 valence electrons. The van der Waals surface area contributed by atoms with Gasteiger partial charge in [0, 0.05) is 12.6 Å². The highest BCUT2D eigenvalue weighted by atomic mass is 19.4. The average molecular weight is 318 g/mol. The number of alkyl halides is 3. The molecule has 0 N–H and O–H groups in total. The Balaban J connectivity index is 2.75. The number of hydrogen-bond donors (Lipinski definition) is 0. The first-order valence-corrected chi connectivity index (χ1v) is 5.87. The van der Waals surface area contributed by atoms with E-state index in [1.807, 2.05) is 0 Å². The Labute approximate surface area is 119 Å². The van der Waals surface area contributed by atoms with Crippen LogP contribution in [0.2, 0.25) is 0 Å². The van der Waals surface area contributed by atoms with E-state index in [-0.39, 0.29) is 15.8 Å². The minimum Gasteiger partial charge on any atom is -0.271 e. The van der Waals surface area contributed by atoms with Crippen molar-refractivity contribution < 1.29 is 22.0 Å². The maximum absolute atomic E-state index is 13.8. The van der Waals surface area contributed by atoms with E-state index in [2.05, 4.69) is 5.10 Å². The third-order valence-electron chi connectivity index (χ3n) is 2.82. The second-order valence-electron chi connectivity index (χ2n) is 4.16. The van der Waals surface area contributed by atoms with Gasteiger partial charge in [0.1, 0.15) is 17.6 Å². The molecule has 0 unspecified atom stereocenters. The lowest BCUT2D eigenvalue weighted by Crippen LogP contribution is -2.26. The van der Waals surface area contributed by atoms with Crippen LogP contribution in [0.3, 0.4) is 0 Å². The summed E-state index contributed by atoms with van der Waals surface area (Å²) >= 11 is 0. The van der Waals surface area contributed by atoms with Crippen LogP contribution in [0.5, 0.6) is 0 Å². The van der Waals surface area contributed by atoms with Gasteiger partial charge < -0.3 is 0 Å². The Morgan fingerprint density at radius 1 is 1.27 bits per heavy atom. The molecule has 2 rings (SSSR count). The molecule has 0 aliphatic carbocycles. The van der Waals surface area contributed by atoms with Gasteiger partial charge in [0.2, 0.25) is 5.82 Å². The van der Waals surface area contributed by atoms with Crippen LogP contribution in [0, 0.1) is 23.0 Å². The van der Waals surface area contributed by atoms with Crippen molar-refractivity contribution in [2.75, 3.05) is 0 Å². The standard InChI is InChI=1S/C12H7F5N4O/c1-2-20-10(12(15,16)17)19-21(11(20)22)9-4-7(13)6(5-18)3-8(9)14/h3-4H,2H2,1H3. The Morgan fingerprint density at radius 2 is 1.91 bits per heavy atom. The van der Waals surface area contributed by atoms with E-state index >= 15 is 0 Å². The Hall–Kier alpha value is -2.70. The summed E-state index contributed by atoms with van der Waals surface area (Å²) in [5.41, 5.74) is -2.71. The van der Waals surface area contributed by atoms with Gasteiger partial charge in [-0.1, -0.05) is 0 Å². The molecular weight excluding hydrogens is 311 g/mol. The summed E-state index contributed by atoms with van der Waals surface area (Å²) in [7, 11) is 0. The van der Waals surface area contributed by atoms with E-state index in [9.17, 15) is 26.7 Å². The molecule has 0 radical (unpaired) electrons. The number of halogens is 5. The molecule has 0 aliphatic rings. The fraction of sp³-hybridized carbons (Fsp3) is 0.250. The van der Waals surface area contributed by atoms with E-state index in [0.29, 0.717) is 12.1 Å². The van der Waals surface area contributed by atoms with Gasteiger partial charge in [-0.2, -0.15) is 23.1 Å². The van der Waals surface area contributed by atoms with Crippen LogP contribution < -0.4 is 5.69 Å². The van der Waals surface area contributed by atoms with Crippen LogP contribution in [-0.2, 0) is 12.7 Å². The monoisotopic (exact) mass is 318 g/mol. The Bertz CT molecular complexity index is 828. The summed E-state index contributed by atoms with van der Waals surface area (Å²) < 4.78 is 66.1. The minimum absolute atomic E-state index is 0.117. The van der Waals surface area contributed by atoms with Crippen molar-refractivity contribution in [1.82, 2.24) is 14.3 Å². The van der Waals surface area contributed by atoms with E-state index < -0.39 is 40.6 Å². The summed E-state index contributed by atoms with van der Waals surface area (Å²) in [5, 5.41) is 11.6. The van der Waals surface area contributed by atoms with Crippen LogP contribution in [0.25, 0.3) is 5.69 Å². The van der Waals surface area contributed by atoms with Crippen molar-refractivity contribution in [3.05, 3.63) is 45.6 Å². The number of benzene rings is 1. The lowest BCUT2D eigenvalue weighted by atomic mass is 10.2. The number of rotatable bonds is 2. The largest absolute Gasteiger partial charge is 0.451 e. The van der Waals surface area contributed by atoms with Gasteiger partial charge in [-0.15, -0.1) is 5.10 Å². The van der Waals surface area contributed by atoms with Gasteiger partial charge >= 0.3 is 11.9 Å². The summed E-state index contributed by atoms with van der Waals surface area (Å²) in [4.78, 5) is 11.9. The zero-order chi connectivity index (χ0) is 16.7. The topological polar surface area (TPSA) is 63.6 Å². The van der Waals surface area contributed by atoms with Gasteiger partial charge in [-0.25, -0.2) is 13.6 Å². The first-order valence-electron chi connectivity index (χ1n) is 5.87. The minimum atomic E-state index is -4.93. The highest BCUT2D eigenvalue weighted by Gasteiger charge is 2.39. The summed E-state index contributed by atoms with van der Waals surface area (Å²) in [6.07, 6.45) is -4.93. The van der Waals surface area contributed by atoms with Gasteiger partial charge in [-0.3, -0.25) is 4.57 Å². The fourth-order valence-corrected chi connectivity index (χ4v) is 1.83. The molecule has 0 aliphatic heterocycles. The second kappa shape index (κ2) is 5.25. The summed E-state index contributed by atoms with van der Waals surface area (Å²) in [5.74, 6) is -3.94. The predicted molar refractivity (Wildman–Crippen MR) is 63.1 cm³/mol. The number of hydrogen-bond acceptors (Lipinski definition) is 3. The van der Waals surface area contributed by atoms with E-state index in [0.717, 1.165) is 0 Å². The van der Waals surface area contributed by atoms with Crippen LogP contribution in [0.15, 0.2) is 16.9 Å². The molecule has 2 aromatic rings. The van der Waals surface area contributed by atoms with Crippen molar-refractivity contribution in [2.24, 2.45) is 0 Å². The number of nitrogens with zero attached hydrogens (tertiary/aromatic N) is 4. The van der Waals surface area contributed by atoms with E-state index in [1.165, 1.54) is 13.0 Å². The van der Waals surface area contributed by atoms with E-state index in [4.69, 9.17) is 5.26 Å². The van der Waals surface area contributed by atoms with Gasteiger partial charge in [0.25, 0.3) is 0 Å². The molecule has 0 saturated heterocycles. The molecule has 0 fully saturated rings. The van der Waals surface area contributed by atoms with Gasteiger partial charge in [0.15, 0.2) is 5.82 Å². The highest BCUT2D eigenvalue weighted by molar-refractivity contribution is 5.41. The summed E-state index contributed by atoms with van der Waals surface area (Å²) in [6.45, 7) is 0.923. The maximum atomic E-state index is 13.8. The SMILES string of the molecule is CCn1c(C(F)(F)F)nn(-c2cc(F)c(C#N)cc2F)c1=O. The molecule has 1 aromatic carbocycles. The number of nitriles is 1. The molecule has 1 heterocycles. The van der Waals surface area contributed by atoms with Gasteiger partial charge in [-0.05, 0) is 13.0 Å². The Kier molecular flexibility index (Phi) is 3.74. The summed E-state index contributed by atoms with van der Waals surface area (Å²) in [6, 6.07) is 2.30. The van der Waals surface area contributed by atoms with Crippen molar-refractivity contribution in [3.8, 4) is 11.8 Å². The molecule has 22 heavy (non-hydrogen) atoms. The maximum Gasteiger partial charge on any atom is 0.451 e. The number of aromatic nitrogens is 3. The predicted octanol–water partition coefficient (Wildman–Crippen LogP) is 2.22. The molecule has 1 aromatic heterocycles. The van der Waals surface area contributed by atoms with Crippen LogP contribution in [0.4, 0.5) is 22.0 Å². The third kappa shape index (κ3) is 2.45. The van der Waals surface area contributed by atoms with Crippen molar-refractivity contribution >= 4 is 0 Å². The zero-order valence-corrected chi connectivity index (χ0v) is 10.9. The van der Waals surface area contributed by atoms with E-state index in [1.54, 1.807) is 0 Å².